The lowest BCUT2D eigenvalue weighted by Gasteiger charge is -2.15. The Labute approximate surface area is 196 Å². The predicted molar refractivity (Wildman–Crippen MR) is 117 cm³/mol. The first kappa shape index (κ1) is 24.2. The van der Waals surface area contributed by atoms with Crippen LogP contribution < -0.4 is 5.32 Å². The summed E-state index contributed by atoms with van der Waals surface area (Å²) >= 11 is 6.98. The maximum Gasteiger partial charge on any atom is 0.418 e. The van der Waals surface area contributed by atoms with Crippen LogP contribution in [0.5, 0.6) is 0 Å². The minimum absolute atomic E-state index is 0.136. The van der Waals surface area contributed by atoms with Crippen LogP contribution in [-0.4, -0.2) is 18.5 Å². The van der Waals surface area contributed by atoms with Crippen LogP contribution in [0.1, 0.15) is 21.5 Å². The quantitative estimate of drug-likeness (QED) is 0.417. The molecule has 0 unspecified atom stereocenters. The van der Waals surface area contributed by atoms with Crippen LogP contribution in [0.2, 0.25) is 5.02 Å². The van der Waals surface area contributed by atoms with Gasteiger partial charge in [-0.2, -0.15) is 18.4 Å². The number of benzene rings is 3. The molecule has 0 saturated carbocycles. The Kier molecular flexibility index (Phi) is 7.63. The number of anilines is 1. The number of para-hydroxylation sites is 1. The fraction of sp³-hybridized carbons (Fsp3) is 0.0870. The van der Waals surface area contributed by atoms with Crippen LogP contribution >= 0.6 is 23.4 Å². The number of nitrogens with zero attached hydrogens (tertiary/aromatic N) is 1. The van der Waals surface area contributed by atoms with Gasteiger partial charge in [-0.3, -0.25) is 4.79 Å². The first-order valence-corrected chi connectivity index (χ1v) is 10.5. The molecule has 0 heterocycles. The van der Waals surface area contributed by atoms with Gasteiger partial charge in [-0.15, -0.1) is 0 Å². The van der Waals surface area contributed by atoms with E-state index in [9.17, 15) is 28.0 Å². The summed E-state index contributed by atoms with van der Waals surface area (Å²) in [6.45, 7) is -0.824. The summed E-state index contributed by atoms with van der Waals surface area (Å²) in [5.74, 6) is -1.83. The standard InChI is InChI=1S/C23H14ClF3N2O3S/c24-17-9-5-8-16(23(25,26)27)21(17)29-20(30)13-32-22(31)15-7-2-4-11-19(15)33-18-10-3-1-6-14(18)12-28/h1-11H,13H2,(H,29,30). The molecule has 1 N–H and O–H groups in total. The van der Waals surface area contributed by atoms with Gasteiger partial charge in [0.1, 0.15) is 6.07 Å². The van der Waals surface area contributed by atoms with Gasteiger partial charge in [0.15, 0.2) is 6.61 Å². The number of nitriles is 1. The second kappa shape index (κ2) is 10.4. The predicted octanol–water partition coefficient (Wildman–Crippen LogP) is 6.18. The highest BCUT2D eigenvalue weighted by atomic mass is 35.5. The molecule has 5 nitrogen and oxygen atoms in total. The number of amides is 1. The summed E-state index contributed by atoms with van der Waals surface area (Å²) in [6, 6.07) is 18.4. The van der Waals surface area contributed by atoms with E-state index in [2.05, 4.69) is 11.4 Å². The number of nitrogens with one attached hydrogen (secondary N) is 1. The third kappa shape index (κ3) is 6.06. The molecule has 0 fully saturated rings. The second-order valence-electron chi connectivity index (χ2n) is 6.49. The monoisotopic (exact) mass is 490 g/mol. The van der Waals surface area contributed by atoms with Crippen molar-refractivity contribution < 1.29 is 27.5 Å². The van der Waals surface area contributed by atoms with Gasteiger partial charge in [-0.1, -0.05) is 53.7 Å². The third-order valence-electron chi connectivity index (χ3n) is 4.25. The maximum atomic E-state index is 13.2. The number of ether oxygens (including phenoxy) is 1. The molecular weight excluding hydrogens is 477 g/mol. The highest BCUT2D eigenvalue weighted by molar-refractivity contribution is 7.99. The van der Waals surface area contributed by atoms with Crippen molar-refractivity contribution in [2.45, 2.75) is 16.0 Å². The minimum atomic E-state index is -4.74. The smallest absolute Gasteiger partial charge is 0.418 e. The lowest BCUT2D eigenvalue weighted by Crippen LogP contribution is -2.23. The van der Waals surface area contributed by atoms with E-state index in [1.54, 1.807) is 42.5 Å². The molecule has 3 rings (SSSR count). The molecule has 168 valence electrons. The molecule has 0 bridgehead atoms. The number of alkyl halides is 3. The summed E-state index contributed by atoms with van der Waals surface area (Å²) in [7, 11) is 0. The SMILES string of the molecule is N#Cc1ccccc1Sc1ccccc1C(=O)OCC(=O)Nc1c(Cl)cccc1C(F)(F)F. The van der Waals surface area contributed by atoms with Crippen LogP contribution in [0.25, 0.3) is 0 Å². The van der Waals surface area contributed by atoms with Crippen molar-refractivity contribution in [2.75, 3.05) is 11.9 Å². The molecule has 3 aromatic carbocycles. The van der Waals surface area contributed by atoms with E-state index in [4.69, 9.17) is 16.3 Å². The number of carbonyl (C=O) groups is 2. The molecule has 0 spiro atoms. The molecular formula is C23H14ClF3N2O3S. The number of rotatable bonds is 6. The Bertz CT molecular complexity index is 1240. The van der Waals surface area contributed by atoms with E-state index in [1.165, 1.54) is 23.9 Å². The normalized spacial score (nSPS) is 10.9. The number of halogens is 4. The Hall–Kier alpha value is -3.48. The van der Waals surface area contributed by atoms with Crippen LogP contribution in [0.4, 0.5) is 18.9 Å². The van der Waals surface area contributed by atoms with E-state index in [0.717, 1.165) is 12.1 Å². The van der Waals surface area contributed by atoms with Crippen molar-refractivity contribution in [3.05, 3.63) is 88.4 Å². The fourth-order valence-electron chi connectivity index (χ4n) is 2.76. The lowest BCUT2D eigenvalue weighted by molar-refractivity contribution is -0.137. The minimum Gasteiger partial charge on any atom is -0.452 e. The summed E-state index contributed by atoms with van der Waals surface area (Å²) in [5, 5.41) is 11.0. The van der Waals surface area contributed by atoms with Gasteiger partial charge in [-0.25, -0.2) is 4.79 Å². The van der Waals surface area contributed by atoms with E-state index in [-0.39, 0.29) is 10.6 Å². The molecule has 1 amide bonds. The summed E-state index contributed by atoms with van der Waals surface area (Å²) in [6.07, 6.45) is -4.74. The number of carbonyl (C=O) groups excluding carboxylic acids is 2. The lowest BCUT2D eigenvalue weighted by atomic mass is 10.1. The van der Waals surface area contributed by atoms with Crippen LogP contribution in [0.15, 0.2) is 76.5 Å². The Morgan fingerprint density at radius 1 is 1.00 bits per heavy atom. The summed E-state index contributed by atoms with van der Waals surface area (Å²) in [4.78, 5) is 25.9. The molecule has 0 aliphatic carbocycles. The van der Waals surface area contributed by atoms with Crippen molar-refractivity contribution in [3.8, 4) is 6.07 Å². The molecule has 0 radical (unpaired) electrons. The first-order chi connectivity index (χ1) is 15.7. The van der Waals surface area contributed by atoms with Crippen molar-refractivity contribution in [2.24, 2.45) is 0 Å². The molecule has 0 aliphatic rings. The van der Waals surface area contributed by atoms with Crippen LogP contribution in [0.3, 0.4) is 0 Å². The van der Waals surface area contributed by atoms with Gasteiger partial charge < -0.3 is 10.1 Å². The number of esters is 1. The van der Waals surface area contributed by atoms with Gasteiger partial charge in [0.05, 0.1) is 27.4 Å². The van der Waals surface area contributed by atoms with E-state index in [0.29, 0.717) is 15.4 Å². The van der Waals surface area contributed by atoms with Crippen LogP contribution in [0, 0.1) is 11.3 Å². The van der Waals surface area contributed by atoms with Gasteiger partial charge in [0, 0.05) is 9.79 Å². The van der Waals surface area contributed by atoms with Crippen molar-refractivity contribution in [3.63, 3.8) is 0 Å². The van der Waals surface area contributed by atoms with E-state index < -0.39 is 35.9 Å². The Balaban J connectivity index is 1.72. The molecule has 3 aromatic rings. The molecule has 0 atom stereocenters. The number of hydrogen-bond acceptors (Lipinski definition) is 5. The Morgan fingerprint density at radius 3 is 2.36 bits per heavy atom. The largest absolute Gasteiger partial charge is 0.452 e. The van der Waals surface area contributed by atoms with Gasteiger partial charge >= 0.3 is 12.1 Å². The van der Waals surface area contributed by atoms with Gasteiger partial charge in [-0.05, 0) is 36.4 Å². The highest BCUT2D eigenvalue weighted by Crippen LogP contribution is 2.38. The van der Waals surface area contributed by atoms with Crippen molar-refractivity contribution >= 4 is 40.9 Å². The summed E-state index contributed by atoms with van der Waals surface area (Å²) < 4.78 is 44.5. The molecule has 10 heteroatoms. The zero-order chi connectivity index (χ0) is 24.0. The molecule has 0 aliphatic heterocycles. The Morgan fingerprint density at radius 2 is 1.67 bits per heavy atom. The molecule has 0 aromatic heterocycles. The van der Waals surface area contributed by atoms with Crippen molar-refractivity contribution in [1.82, 2.24) is 0 Å². The average molecular weight is 491 g/mol. The van der Waals surface area contributed by atoms with Crippen molar-refractivity contribution in [1.29, 1.82) is 5.26 Å². The van der Waals surface area contributed by atoms with Gasteiger partial charge in [0.2, 0.25) is 0 Å². The second-order valence-corrected chi connectivity index (χ2v) is 7.98. The molecule has 33 heavy (non-hydrogen) atoms. The fourth-order valence-corrected chi connectivity index (χ4v) is 4.00. The topological polar surface area (TPSA) is 79.2 Å². The van der Waals surface area contributed by atoms with E-state index in [1.807, 2.05) is 0 Å². The van der Waals surface area contributed by atoms with E-state index >= 15 is 0 Å². The van der Waals surface area contributed by atoms with Gasteiger partial charge in [0.25, 0.3) is 5.91 Å². The van der Waals surface area contributed by atoms with Crippen LogP contribution in [-0.2, 0) is 15.7 Å². The zero-order valence-corrected chi connectivity index (χ0v) is 18.2. The zero-order valence-electron chi connectivity index (χ0n) is 16.7. The highest BCUT2D eigenvalue weighted by Gasteiger charge is 2.34. The number of hydrogen-bond donors (Lipinski definition) is 1. The first-order valence-electron chi connectivity index (χ1n) is 9.29. The summed E-state index contributed by atoms with van der Waals surface area (Å²) in [5.41, 5.74) is -1.17. The molecule has 0 saturated heterocycles. The maximum absolute atomic E-state index is 13.2. The average Bonchev–Trinajstić information content (AvgIpc) is 2.79. The third-order valence-corrected chi connectivity index (χ3v) is 5.72.